The molecular formula is C14H17N3O2S. The molecule has 0 bridgehead atoms. The number of hydrogen-bond donors (Lipinski definition) is 0. The van der Waals surface area contributed by atoms with Crippen molar-refractivity contribution < 1.29 is 9.53 Å². The van der Waals surface area contributed by atoms with Crippen LogP contribution in [-0.4, -0.2) is 35.6 Å². The van der Waals surface area contributed by atoms with Crippen LogP contribution < -0.4 is 4.90 Å². The van der Waals surface area contributed by atoms with E-state index in [1.54, 1.807) is 17.7 Å². The highest BCUT2D eigenvalue weighted by Gasteiger charge is 2.27. The molecule has 1 saturated heterocycles. The minimum absolute atomic E-state index is 0.0341. The van der Waals surface area contributed by atoms with Crippen LogP contribution in [0.1, 0.15) is 19.8 Å². The third kappa shape index (κ3) is 2.47. The van der Waals surface area contributed by atoms with E-state index in [1.165, 1.54) is 0 Å². The highest BCUT2D eigenvalue weighted by atomic mass is 32.1. The van der Waals surface area contributed by atoms with Crippen molar-refractivity contribution in [2.45, 2.75) is 19.8 Å². The summed E-state index contributed by atoms with van der Waals surface area (Å²) in [6, 6.07) is 2.01. The third-order valence-corrected chi connectivity index (χ3v) is 4.54. The van der Waals surface area contributed by atoms with Gasteiger partial charge in [-0.15, -0.1) is 11.3 Å². The van der Waals surface area contributed by atoms with Crippen molar-refractivity contribution in [2.24, 2.45) is 5.92 Å². The van der Waals surface area contributed by atoms with E-state index in [-0.39, 0.29) is 11.9 Å². The summed E-state index contributed by atoms with van der Waals surface area (Å²) in [6.45, 7) is 3.99. The Morgan fingerprint density at radius 2 is 2.25 bits per heavy atom. The number of carbonyl (C=O) groups excluding carboxylic acids is 1. The number of nitrogens with zero attached hydrogens (tertiary/aromatic N) is 3. The molecule has 1 aliphatic rings. The van der Waals surface area contributed by atoms with Crippen molar-refractivity contribution in [3.05, 3.63) is 17.8 Å². The summed E-state index contributed by atoms with van der Waals surface area (Å²) in [5.74, 6) is 0.968. The fourth-order valence-electron chi connectivity index (χ4n) is 2.59. The number of aromatic nitrogens is 2. The Kier molecular flexibility index (Phi) is 3.82. The predicted molar refractivity (Wildman–Crippen MR) is 79.0 cm³/mol. The summed E-state index contributed by atoms with van der Waals surface area (Å²) in [5.41, 5.74) is 0.993. The summed E-state index contributed by atoms with van der Waals surface area (Å²) < 4.78 is 6.23. The van der Waals surface area contributed by atoms with Gasteiger partial charge in [0.15, 0.2) is 0 Å². The maximum absolute atomic E-state index is 11.7. The number of esters is 1. The maximum Gasteiger partial charge on any atom is 0.309 e. The lowest BCUT2D eigenvalue weighted by Crippen LogP contribution is -2.37. The molecule has 3 rings (SSSR count). The van der Waals surface area contributed by atoms with Gasteiger partial charge in [0, 0.05) is 13.1 Å². The number of anilines is 1. The van der Waals surface area contributed by atoms with E-state index >= 15 is 0 Å². The van der Waals surface area contributed by atoms with Crippen LogP contribution in [0.5, 0.6) is 0 Å². The zero-order valence-electron chi connectivity index (χ0n) is 11.4. The number of thiophene rings is 1. The van der Waals surface area contributed by atoms with E-state index in [9.17, 15) is 4.79 Å². The van der Waals surface area contributed by atoms with Crippen LogP contribution in [-0.2, 0) is 9.53 Å². The average Bonchev–Trinajstić information content (AvgIpc) is 2.96. The summed E-state index contributed by atoms with van der Waals surface area (Å²) in [6.07, 6.45) is 3.27. The number of piperidine rings is 1. The first-order chi connectivity index (χ1) is 9.79. The Morgan fingerprint density at radius 1 is 1.45 bits per heavy atom. The van der Waals surface area contributed by atoms with Gasteiger partial charge in [0.2, 0.25) is 0 Å². The highest BCUT2D eigenvalue weighted by Crippen LogP contribution is 2.30. The first-order valence-electron chi connectivity index (χ1n) is 6.89. The zero-order valence-corrected chi connectivity index (χ0v) is 12.2. The molecule has 0 aromatic carbocycles. The second kappa shape index (κ2) is 5.75. The molecule has 2 aromatic heterocycles. The zero-order chi connectivity index (χ0) is 13.9. The Hall–Kier alpha value is -1.69. The first kappa shape index (κ1) is 13.3. The van der Waals surface area contributed by atoms with E-state index in [4.69, 9.17) is 4.74 Å². The fourth-order valence-corrected chi connectivity index (χ4v) is 3.45. The number of rotatable bonds is 3. The summed E-state index contributed by atoms with van der Waals surface area (Å²) in [4.78, 5) is 22.7. The largest absolute Gasteiger partial charge is 0.466 e. The molecule has 106 valence electrons. The highest BCUT2D eigenvalue weighted by molar-refractivity contribution is 7.17. The molecule has 1 aliphatic heterocycles. The third-order valence-electron chi connectivity index (χ3n) is 3.64. The van der Waals surface area contributed by atoms with Crippen LogP contribution >= 0.6 is 11.3 Å². The minimum Gasteiger partial charge on any atom is -0.466 e. The molecule has 0 aliphatic carbocycles. The fraction of sp³-hybridized carbons (Fsp3) is 0.500. The van der Waals surface area contributed by atoms with Crippen LogP contribution in [0.2, 0.25) is 0 Å². The normalized spacial score (nSPS) is 16.6. The van der Waals surface area contributed by atoms with Gasteiger partial charge in [-0.2, -0.15) is 0 Å². The maximum atomic E-state index is 11.7. The molecule has 0 spiro atoms. The van der Waals surface area contributed by atoms with Crippen molar-refractivity contribution in [3.8, 4) is 0 Å². The SMILES string of the molecule is CCOC(=O)C1CCN(c2ncnc3ccsc23)CC1. The van der Waals surface area contributed by atoms with Gasteiger partial charge in [-0.3, -0.25) is 4.79 Å². The van der Waals surface area contributed by atoms with E-state index < -0.39 is 0 Å². The number of carbonyl (C=O) groups is 1. The Morgan fingerprint density at radius 3 is 3.00 bits per heavy atom. The minimum atomic E-state index is -0.0592. The molecule has 0 atom stereocenters. The monoisotopic (exact) mass is 291 g/mol. The van der Waals surface area contributed by atoms with Crippen molar-refractivity contribution in [1.82, 2.24) is 9.97 Å². The van der Waals surface area contributed by atoms with Gasteiger partial charge in [0.05, 0.1) is 22.7 Å². The smallest absolute Gasteiger partial charge is 0.309 e. The Labute approximate surface area is 121 Å². The van der Waals surface area contributed by atoms with Crippen molar-refractivity contribution in [3.63, 3.8) is 0 Å². The molecule has 0 amide bonds. The van der Waals surface area contributed by atoms with Crippen LogP contribution in [0, 0.1) is 5.92 Å². The molecule has 6 heteroatoms. The van der Waals surface area contributed by atoms with Crippen LogP contribution in [0.3, 0.4) is 0 Å². The van der Waals surface area contributed by atoms with Crippen LogP contribution in [0.4, 0.5) is 5.82 Å². The molecule has 2 aromatic rings. The van der Waals surface area contributed by atoms with Crippen LogP contribution in [0.15, 0.2) is 17.8 Å². The molecule has 0 saturated carbocycles. The molecular weight excluding hydrogens is 274 g/mol. The van der Waals surface area contributed by atoms with E-state index in [0.717, 1.165) is 42.0 Å². The van der Waals surface area contributed by atoms with Crippen molar-refractivity contribution in [2.75, 3.05) is 24.6 Å². The molecule has 0 radical (unpaired) electrons. The summed E-state index contributed by atoms with van der Waals surface area (Å²) in [5, 5.41) is 2.04. The predicted octanol–water partition coefficient (Wildman–Crippen LogP) is 2.47. The van der Waals surface area contributed by atoms with Gasteiger partial charge in [-0.1, -0.05) is 0 Å². The Balaban J connectivity index is 1.72. The molecule has 3 heterocycles. The van der Waals surface area contributed by atoms with E-state index in [1.807, 2.05) is 18.4 Å². The molecule has 5 nitrogen and oxygen atoms in total. The van der Waals surface area contributed by atoms with Crippen molar-refractivity contribution in [1.29, 1.82) is 0 Å². The molecule has 0 N–H and O–H groups in total. The standard InChI is InChI=1S/C14H17N3O2S/c1-2-19-14(18)10-3-6-17(7-4-10)13-12-11(5-8-20-12)15-9-16-13/h5,8-10H,2-4,6-7H2,1H3. The number of ether oxygens (including phenoxy) is 1. The topological polar surface area (TPSA) is 55.3 Å². The van der Waals surface area contributed by atoms with Gasteiger partial charge in [-0.05, 0) is 31.2 Å². The Bertz CT molecular complexity index is 605. The van der Waals surface area contributed by atoms with Crippen LogP contribution in [0.25, 0.3) is 10.2 Å². The van der Waals surface area contributed by atoms with Gasteiger partial charge >= 0.3 is 5.97 Å². The van der Waals surface area contributed by atoms with Gasteiger partial charge in [0.25, 0.3) is 0 Å². The lowest BCUT2D eigenvalue weighted by molar-refractivity contribution is -0.148. The summed E-state index contributed by atoms with van der Waals surface area (Å²) in [7, 11) is 0. The molecule has 0 unspecified atom stereocenters. The van der Waals surface area contributed by atoms with Gasteiger partial charge in [-0.25, -0.2) is 9.97 Å². The summed E-state index contributed by atoms with van der Waals surface area (Å²) >= 11 is 1.66. The van der Waals surface area contributed by atoms with Crippen molar-refractivity contribution >= 4 is 33.3 Å². The number of fused-ring (bicyclic) bond motifs is 1. The van der Waals surface area contributed by atoms with E-state index in [0.29, 0.717) is 6.61 Å². The second-order valence-corrected chi connectivity index (χ2v) is 5.76. The molecule has 20 heavy (non-hydrogen) atoms. The second-order valence-electron chi connectivity index (χ2n) is 4.85. The first-order valence-corrected chi connectivity index (χ1v) is 7.77. The quantitative estimate of drug-likeness (QED) is 0.813. The molecule has 1 fully saturated rings. The average molecular weight is 291 g/mol. The van der Waals surface area contributed by atoms with E-state index in [2.05, 4.69) is 14.9 Å². The van der Waals surface area contributed by atoms with Gasteiger partial charge < -0.3 is 9.64 Å². The lowest BCUT2D eigenvalue weighted by Gasteiger charge is -2.31. The van der Waals surface area contributed by atoms with Gasteiger partial charge in [0.1, 0.15) is 12.1 Å². The number of hydrogen-bond acceptors (Lipinski definition) is 6. The lowest BCUT2D eigenvalue weighted by atomic mass is 9.97.